The van der Waals surface area contributed by atoms with E-state index >= 15 is 0 Å². The number of rotatable bonds is 4. The molecule has 3 aliphatic rings. The lowest BCUT2D eigenvalue weighted by Gasteiger charge is -2.31. The van der Waals surface area contributed by atoms with E-state index in [2.05, 4.69) is 5.32 Å². The quantitative estimate of drug-likeness (QED) is 0.442. The maximum Gasteiger partial charge on any atom is 0.282 e. The van der Waals surface area contributed by atoms with Crippen molar-refractivity contribution in [2.45, 2.75) is 37.9 Å². The third-order valence-electron chi connectivity index (χ3n) is 5.91. The lowest BCUT2D eigenvalue weighted by Crippen LogP contribution is -2.40. The van der Waals surface area contributed by atoms with E-state index < -0.39 is 40.7 Å². The van der Waals surface area contributed by atoms with Crippen molar-refractivity contribution in [2.24, 2.45) is 0 Å². The van der Waals surface area contributed by atoms with Crippen LogP contribution in [0.1, 0.15) is 52.8 Å². The highest BCUT2D eigenvalue weighted by atomic mass is 16.7. The molecule has 1 saturated carbocycles. The Kier molecular flexibility index (Phi) is 4.58. The van der Waals surface area contributed by atoms with Crippen molar-refractivity contribution >= 4 is 29.1 Å². The number of anilines is 1. The Balaban J connectivity index is 1.29. The molecule has 0 atom stereocenters. The average molecular weight is 437 g/mol. The molecule has 2 heterocycles. The number of nitro benzene ring substituents is 1. The van der Waals surface area contributed by atoms with Crippen molar-refractivity contribution in [3.63, 3.8) is 0 Å². The predicted molar refractivity (Wildman–Crippen MR) is 111 cm³/mol. The fraction of sp³-hybridized carbons (Fsp3) is 0.318. The van der Waals surface area contributed by atoms with Crippen LogP contribution in [0.3, 0.4) is 0 Å². The molecular formula is C22H19N3O7. The number of benzene rings is 2. The van der Waals surface area contributed by atoms with Gasteiger partial charge in [-0.25, -0.2) is 0 Å². The third kappa shape index (κ3) is 3.24. The number of amides is 3. The number of nitrogens with zero attached hydrogens (tertiary/aromatic N) is 2. The van der Waals surface area contributed by atoms with Crippen LogP contribution in [0.5, 0.6) is 11.5 Å². The summed E-state index contributed by atoms with van der Waals surface area (Å²) in [6, 6.07) is 8.81. The van der Waals surface area contributed by atoms with Crippen LogP contribution in [0.15, 0.2) is 36.4 Å². The van der Waals surface area contributed by atoms with Gasteiger partial charge in [-0.15, -0.1) is 0 Å². The van der Waals surface area contributed by atoms with Crippen LogP contribution in [0, 0.1) is 10.1 Å². The standard InChI is InChI=1S/C22H19N3O7/c26-18(12-24-20(27)14-5-4-6-15(25(29)30)19(14)21(24)28)23-13-7-8-16-17(11-13)32-22(31-16)9-2-1-3-10-22/h4-8,11H,1-3,9-10,12H2,(H,23,26). The number of carbonyl (C=O) groups excluding carboxylic acids is 3. The Morgan fingerprint density at radius 1 is 1.06 bits per heavy atom. The van der Waals surface area contributed by atoms with Crippen LogP contribution >= 0.6 is 0 Å². The maximum atomic E-state index is 12.6. The SMILES string of the molecule is O=C(CN1C(=O)c2cccc([N+](=O)[O-])c2C1=O)Nc1ccc2c(c1)OC1(CCCCC1)O2. The van der Waals surface area contributed by atoms with Gasteiger partial charge in [0.25, 0.3) is 23.3 Å². The van der Waals surface area contributed by atoms with Gasteiger partial charge in [-0.05, 0) is 31.0 Å². The van der Waals surface area contributed by atoms with Crippen molar-refractivity contribution < 1.29 is 28.8 Å². The fourth-order valence-electron chi connectivity index (χ4n) is 4.42. The van der Waals surface area contributed by atoms with E-state index in [4.69, 9.17) is 9.47 Å². The first-order valence-corrected chi connectivity index (χ1v) is 10.3. The van der Waals surface area contributed by atoms with E-state index in [1.165, 1.54) is 12.1 Å². The first kappa shape index (κ1) is 20.0. The minimum atomic E-state index is -0.864. The number of fused-ring (bicyclic) bond motifs is 2. The van der Waals surface area contributed by atoms with Crippen LogP contribution in [-0.4, -0.2) is 39.9 Å². The van der Waals surface area contributed by atoms with Gasteiger partial charge in [-0.2, -0.15) is 0 Å². The summed E-state index contributed by atoms with van der Waals surface area (Å²) < 4.78 is 12.1. The second kappa shape index (κ2) is 7.33. The molecule has 0 saturated heterocycles. The molecular weight excluding hydrogens is 418 g/mol. The molecule has 0 aromatic heterocycles. The molecule has 32 heavy (non-hydrogen) atoms. The summed E-state index contributed by atoms with van der Waals surface area (Å²) in [4.78, 5) is 48.9. The van der Waals surface area contributed by atoms with Gasteiger partial charge in [0.1, 0.15) is 12.1 Å². The van der Waals surface area contributed by atoms with E-state index in [0.29, 0.717) is 22.1 Å². The molecule has 3 amide bonds. The molecule has 10 heteroatoms. The van der Waals surface area contributed by atoms with Crippen LogP contribution in [0.25, 0.3) is 0 Å². The average Bonchev–Trinajstić information content (AvgIpc) is 3.23. The lowest BCUT2D eigenvalue weighted by atomic mass is 9.94. The highest BCUT2D eigenvalue weighted by Crippen LogP contribution is 2.46. The maximum absolute atomic E-state index is 12.6. The number of imide groups is 1. The second-order valence-corrected chi connectivity index (χ2v) is 8.04. The van der Waals surface area contributed by atoms with Crippen molar-refractivity contribution in [1.29, 1.82) is 0 Å². The lowest BCUT2D eigenvalue weighted by molar-refractivity contribution is -0.385. The third-order valence-corrected chi connectivity index (χ3v) is 5.91. The Morgan fingerprint density at radius 2 is 1.81 bits per heavy atom. The van der Waals surface area contributed by atoms with E-state index in [-0.39, 0.29) is 11.1 Å². The number of nitrogens with one attached hydrogen (secondary N) is 1. The van der Waals surface area contributed by atoms with Gasteiger partial charge in [-0.1, -0.05) is 12.5 Å². The Bertz CT molecular complexity index is 1170. The van der Waals surface area contributed by atoms with Crippen molar-refractivity contribution in [3.05, 3.63) is 57.6 Å². The molecule has 164 valence electrons. The van der Waals surface area contributed by atoms with Crippen LogP contribution in [0.2, 0.25) is 0 Å². The number of nitro groups is 1. The summed E-state index contributed by atoms with van der Waals surface area (Å²) in [5.74, 6) is -1.73. The molecule has 0 unspecified atom stereocenters. The first-order valence-electron chi connectivity index (χ1n) is 10.3. The number of ether oxygens (including phenoxy) is 2. The van der Waals surface area contributed by atoms with Gasteiger partial charge in [0, 0.05) is 30.7 Å². The predicted octanol–water partition coefficient (Wildman–Crippen LogP) is 3.26. The van der Waals surface area contributed by atoms with Gasteiger partial charge in [0.15, 0.2) is 11.5 Å². The van der Waals surface area contributed by atoms with E-state index in [0.717, 1.165) is 38.2 Å². The molecule has 10 nitrogen and oxygen atoms in total. The molecule has 0 bridgehead atoms. The number of carbonyl (C=O) groups is 3. The normalized spacial score (nSPS) is 18.1. The minimum absolute atomic E-state index is 0.0853. The van der Waals surface area contributed by atoms with Crippen LogP contribution < -0.4 is 14.8 Å². The van der Waals surface area contributed by atoms with Gasteiger partial charge in [0.05, 0.1) is 10.5 Å². The minimum Gasteiger partial charge on any atom is -0.448 e. The molecule has 5 rings (SSSR count). The van der Waals surface area contributed by atoms with E-state index in [9.17, 15) is 24.5 Å². The van der Waals surface area contributed by atoms with Gasteiger partial charge >= 0.3 is 0 Å². The summed E-state index contributed by atoms with van der Waals surface area (Å²) in [5.41, 5.74) is -0.419. The largest absolute Gasteiger partial charge is 0.448 e. The smallest absolute Gasteiger partial charge is 0.282 e. The first-order chi connectivity index (χ1) is 15.4. The zero-order chi connectivity index (χ0) is 22.5. The zero-order valence-corrected chi connectivity index (χ0v) is 17.0. The van der Waals surface area contributed by atoms with E-state index in [1.807, 2.05) is 0 Å². The summed E-state index contributed by atoms with van der Waals surface area (Å²) >= 11 is 0. The zero-order valence-electron chi connectivity index (χ0n) is 17.0. The molecule has 2 aromatic carbocycles. The summed E-state index contributed by atoms with van der Waals surface area (Å²) in [5, 5.41) is 13.9. The van der Waals surface area contributed by atoms with Crippen molar-refractivity contribution in [3.8, 4) is 11.5 Å². The van der Waals surface area contributed by atoms with E-state index in [1.54, 1.807) is 18.2 Å². The van der Waals surface area contributed by atoms with Crippen LogP contribution in [-0.2, 0) is 4.79 Å². The Morgan fingerprint density at radius 3 is 2.56 bits per heavy atom. The number of hydrogen-bond acceptors (Lipinski definition) is 7. The topological polar surface area (TPSA) is 128 Å². The van der Waals surface area contributed by atoms with Crippen molar-refractivity contribution in [1.82, 2.24) is 4.90 Å². The van der Waals surface area contributed by atoms with Gasteiger partial charge < -0.3 is 14.8 Å². The Labute approximate surface area is 182 Å². The Hall–Kier alpha value is -3.95. The molecule has 0 radical (unpaired) electrons. The van der Waals surface area contributed by atoms with Crippen LogP contribution in [0.4, 0.5) is 11.4 Å². The summed E-state index contributed by atoms with van der Waals surface area (Å²) in [6.45, 7) is -0.568. The fourth-order valence-corrected chi connectivity index (χ4v) is 4.42. The monoisotopic (exact) mass is 437 g/mol. The second-order valence-electron chi connectivity index (χ2n) is 8.04. The highest BCUT2D eigenvalue weighted by Gasteiger charge is 2.43. The summed E-state index contributed by atoms with van der Waals surface area (Å²) in [7, 11) is 0. The van der Waals surface area contributed by atoms with Gasteiger partial charge in [-0.3, -0.25) is 29.4 Å². The molecule has 1 N–H and O–H groups in total. The highest BCUT2D eigenvalue weighted by molar-refractivity contribution is 6.24. The molecule has 2 aromatic rings. The van der Waals surface area contributed by atoms with Gasteiger partial charge in [0.2, 0.25) is 5.91 Å². The van der Waals surface area contributed by atoms with Crippen molar-refractivity contribution in [2.75, 3.05) is 11.9 Å². The molecule has 2 aliphatic heterocycles. The molecule has 1 aliphatic carbocycles. The molecule has 1 fully saturated rings. The number of hydrogen-bond donors (Lipinski definition) is 1. The molecule has 1 spiro atoms. The summed E-state index contributed by atoms with van der Waals surface area (Å²) in [6.07, 6.45) is 4.80.